The first-order chi connectivity index (χ1) is 9.74. The lowest BCUT2D eigenvalue weighted by Gasteiger charge is -2.17. The maximum Gasteiger partial charge on any atom is 0.339 e. The number of anilines is 1. The molecule has 1 aromatic carbocycles. The van der Waals surface area contributed by atoms with Gasteiger partial charge >= 0.3 is 16.2 Å². The van der Waals surface area contributed by atoms with Gasteiger partial charge in [-0.1, -0.05) is 0 Å². The van der Waals surface area contributed by atoms with Crippen LogP contribution in [0.2, 0.25) is 0 Å². The molecule has 2 rings (SSSR count). The van der Waals surface area contributed by atoms with E-state index in [9.17, 15) is 21.9 Å². The Labute approximate surface area is 120 Å². The van der Waals surface area contributed by atoms with Crippen LogP contribution in [0.5, 0.6) is 5.75 Å². The van der Waals surface area contributed by atoms with Crippen LogP contribution in [-0.4, -0.2) is 44.3 Å². The van der Waals surface area contributed by atoms with E-state index >= 15 is 0 Å². The Bertz CT molecular complexity index is 702. The first-order valence-electron chi connectivity index (χ1n) is 5.89. The van der Waals surface area contributed by atoms with Gasteiger partial charge in [-0.3, -0.25) is 4.79 Å². The van der Waals surface area contributed by atoms with Crippen LogP contribution >= 0.6 is 0 Å². The number of carboxylic acid groups (broad SMARTS) is 1. The van der Waals surface area contributed by atoms with E-state index in [1.807, 2.05) is 0 Å². The zero-order valence-electron chi connectivity index (χ0n) is 10.9. The number of hydrogen-bond donors (Lipinski definition) is 1. The molecule has 1 N–H and O–H groups in total. The summed E-state index contributed by atoms with van der Waals surface area (Å²) in [6, 6.07) is 3.88. The van der Waals surface area contributed by atoms with Gasteiger partial charge in [0.2, 0.25) is 5.91 Å². The smallest absolute Gasteiger partial charge is 0.339 e. The van der Waals surface area contributed by atoms with Gasteiger partial charge in [-0.25, -0.2) is 4.79 Å². The second kappa shape index (κ2) is 5.32. The topological polar surface area (TPSA) is 101 Å². The number of benzene rings is 1. The molecule has 1 aliphatic rings. The third kappa shape index (κ3) is 2.97. The van der Waals surface area contributed by atoms with E-state index in [0.29, 0.717) is 0 Å². The SMILES string of the molecule is COc1cc(N2CC(S(=O)(=O)F)CC2=O)ccc1C(=O)O. The Morgan fingerprint density at radius 1 is 1.48 bits per heavy atom. The molecule has 0 saturated carbocycles. The molecular weight excluding hydrogens is 305 g/mol. The molecule has 9 heteroatoms. The number of methoxy groups -OCH3 is 1. The minimum atomic E-state index is -4.80. The van der Waals surface area contributed by atoms with Crippen LogP contribution < -0.4 is 9.64 Å². The number of nitrogens with zero attached hydrogens (tertiary/aromatic N) is 1. The van der Waals surface area contributed by atoms with E-state index in [2.05, 4.69) is 0 Å². The molecule has 1 heterocycles. The second-order valence-electron chi connectivity index (χ2n) is 4.50. The van der Waals surface area contributed by atoms with E-state index in [4.69, 9.17) is 9.84 Å². The summed E-state index contributed by atoms with van der Waals surface area (Å²) in [5.41, 5.74) is 0.163. The summed E-state index contributed by atoms with van der Waals surface area (Å²) in [6.45, 7) is -0.312. The molecule has 1 aromatic rings. The van der Waals surface area contributed by atoms with E-state index in [-0.39, 0.29) is 23.5 Å². The molecule has 0 aromatic heterocycles. The first kappa shape index (κ1) is 15.2. The average molecular weight is 317 g/mol. The van der Waals surface area contributed by atoms with Crippen molar-refractivity contribution < 1.29 is 31.7 Å². The van der Waals surface area contributed by atoms with Crippen LogP contribution in [0.15, 0.2) is 18.2 Å². The summed E-state index contributed by atoms with van der Waals surface area (Å²) in [6.07, 6.45) is -0.443. The lowest BCUT2D eigenvalue weighted by Crippen LogP contribution is -2.27. The standard InChI is InChI=1S/C12H12FNO6S/c1-20-10-4-7(2-3-9(10)12(16)17)14-6-8(5-11(14)15)21(13,18)19/h2-4,8H,5-6H2,1H3,(H,16,17). The van der Waals surface area contributed by atoms with Gasteiger partial charge in [0.25, 0.3) is 0 Å². The highest BCUT2D eigenvalue weighted by atomic mass is 32.3. The number of amides is 1. The fraction of sp³-hybridized carbons (Fsp3) is 0.333. The van der Waals surface area contributed by atoms with Gasteiger partial charge in [-0.05, 0) is 12.1 Å². The van der Waals surface area contributed by atoms with Crippen molar-refractivity contribution >= 4 is 27.8 Å². The molecule has 1 amide bonds. The van der Waals surface area contributed by atoms with Crippen molar-refractivity contribution in [2.75, 3.05) is 18.6 Å². The third-order valence-electron chi connectivity index (χ3n) is 3.21. The maximum atomic E-state index is 13.0. The number of halogens is 1. The molecule has 0 spiro atoms. The molecule has 1 unspecified atom stereocenters. The van der Waals surface area contributed by atoms with E-state index in [1.54, 1.807) is 0 Å². The first-order valence-corrected chi connectivity index (χ1v) is 7.34. The molecule has 1 atom stereocenters. The van der Waals surface area contributed by atoms with Crippen molar-refractivity contribution in [3.05, 3.63) is 23.8 Å². The summed E-state index contributed by atoms with van der Waals surface area (Å²) in [7, 11) is -3.53. The molecule has 1 aliphatic heterocycles. The molecule has 21 heavy (non-hydrogen) atoms. The van der Waals surface area contributed by atoms with Crippen LogP contribution in [0, 0.1) is 0 Å². The lowest BCUT2D eigenvalue weighted by molar-refractivity contribution is -0.117. The summed E-state index contributed by atoms with van der Waals surface area (Å²) >= 11 is 0. The Hall–Kier alpha value is -2.16. The Kier molecular flexibility index (Phi) is 3.86. The quantitative estimate of drug-likeness (QED) is 0.824. The fourth-order valence-corrected chi connectivity index (χ4v) is 2.81. The van der Waals surface area contributed by atoms with Gasteiger partial charge in [-0.15, -0.1) is 3.89 Å². The molecule has 1 saturated heterocycles. The van der Waals surface area contributed by atoms with E-state index in [1.165, 1.54) is 25.3 Å². The van der Waals surface area contributed by atoms with Crippen molar-refractivity contribution in [1.82, 2.24) is 0 Å². The van der Waals surface area contributed by atoms with Crippen LogP contribution in [0.1, 0.15) is 16.8 Å². The Balaban J connectivity index is 2.35. The number of hydrogen-bond acceptors (Lipinski definition) is 5. The van der Waals surface area contributed by atoms with Crippen molar-refractivity contribution in [1.29, 1.82) is 0 Å². The molecule has 0 radical (unpaired) electrons. The van der Waals surface area contributed by atoms with Crippen LogP contribution in [0.3, 0.4) is 0 Å². The molecule has 7 nitrogen and oxygen atoms in total. The Morgan fingerprint density at radius 3 is 2.62 bits per heavy atom. The zero-order valence-corrected chi connectivity index (χ0v) is 11.8. The maximum absolute atomic E-state index is 13.0. The summed E-state index contributed by atoms with van der Waals surface area (Å²) < 4.78 is 39.6. The van der Waals surface area contributed by atoms with Gasteiger partial charge in [0.15, 0.2) is 0 Å². The third-order valence-corrected chi connectivity index (χ3v) is 4.33. The van der Waals surface area contributed by atoms with Crippen molar-refractivity contribution in [2.24, 2.45) is 0 Å². The molecule has 1 fully saturated rings. The van der Waals surface area contributed by atoms with Crippen LogP contribution in [0.25, 0.3) is 0 Å². The predicted molar refractivity (Wildman–Crippen MR) is 70.7 cm³/mol. The molecule has 114 valence electrons. The van der Waals surface area contributed by atoms with Crippen LogP contribution in [-0.2, 0) is 15.0 Å². The number of carboxylic acids is 1. The molecule has 0 bridgehead atoms. The highest BCUT2D eigenvalue weighted by Crippen LogP contribution is 2.30. The van der Waals surface area contributed by atoms with Gasteiger partial charge < -0.3 is 14.7 Å². The fourth-order valence-electron chi connectivity index (χ4n) is 2.14. The number of aromatic carboxylic acids is 1. The van der Waals surface area contributed by atoms with Crippen LogP contribution in [0.4, 0.5) is 9.57 Å². The van der Waals surface area contributed by atoms with Crippen molar-refractivity contribution in [3.8, 4) is 5.75 Å². The van der Waals surface area contributed by atoms with Gasteiger partial charge in [0, 0.05) is 24.7 Å². The number of ether oxygens (including phenoxy) is 1. The van der Waals surface area contributed by atoms with E-state index < -0.39 is 33.8 Å². The minimum absolute atomic E-state index is 0.0272. The second-order valence-corrected chi connectivity index (χ2v) is 6.11. The lowest BCUT2D eigenvalue weighted by atomic mass is 10.1. The summed E-state index contributed by atoms with van der Waals surface area (Å²) in [4.78, 5) is 23.9. The number of rotatable bonds is 4. The monoisotopic (exact) mass is 317 g/mol. The zero-order chi connectivity index (χ0) is 15.8. The highest BCUT2D eigenvalue weighted by molar-refractivity contribution is 7.87. The van der Waals surface area contributed by atoms with Crippen molar-refractivity contribution in [3.63, 3.8) is 0 Å². The summed E-state index contributed by atoms with van der Waals surface area (Å²) in [5, 5.41) is 7.56. The van der Waals surface area contributed by atoms with Gasteiger partial charge in [0.1, 0.15) is 16.6 Å². The largest absolute Gasteiger partial charge is 0.496 e. The van der Waals surface area contributed by atoms with Gasteiger partial charge in [-0.2, -0.15) is 8.42 Å². The van der Waals surface area contributed by atoms with E-state index in [0.717, 1.165) is 4.90 Å². The summed E-state index contributed by atoms with van der Waals surface area (Å²) in [5.74, 6) is -1.72. The minimum Gasteiger partial charge on any atom is -0.496 e. The normalized spacial score (nSPS) is 18.9. The number of carbonyl (C=O) groups excluding carboxylic acids is 1. The molecular formula is C12H12FNO6S. The number of carbonyl (C=O) groups is 2. The van der Waals surface area contributed by atoms with Crippen molar-refractivity contribution in [2.45, 2.75) is 11.7 Å². The Morgan fingerprint density at radius 2 is 2.14 bits per heavy atom. The molecule has 0 aliphatic carbocycles. The predicted octanol–water partition coefficient (Wildman–Crippen LogP) is 0.798. The average Bonchev–Trinajstić information content (AvgIpc) is 2.80. The highest BCUT2D eigenvalue weighted by Gasteiger charge is 2.39. The van der Waals surface area contributed by atoms with Gasteiger partial charge in [0.05, 0.1) is 7.11 Å².